The zero-order valence-corrected chi connectivity index (χ0v) is 14.6. The summed E-state index contributed by atoms with van der Waals surface area (Å²) < 4.78 is 1.87. The number of nitrogens with one attached hydrogen (secondary N) is 1. The largest absolute Gasteiger partial charge is 0.345 e. The molecule has 0 bridgehead atoms. The van der Waals surface area contributed by atoms with Crippen LogP contribution < -0.4 is 5.32 Å². The Balaban J connectivity index is 1.63. The Morgan fingerprint density at radius 2 is 1.88 bits per heavy atom. The van der Waals surface area contributed by atoms with Crippen molar-refractivity contribution in [1.82, 2.24) is 25.5 Å². The molecule has 1 fully saturated rings. The molecule has 24 heavy (non-hydrogen) atoms. The molecule has 1 aliphatic rings. The highest BCUT2D eigenvalue weighted by atomic mass is 16.1. The summed E-state index contributed by atoms with van der Waals surface area (Å²) >= 11 is 0. The summed E-state index contributed by atoms with van der Waals surface area (Å²) in [6.07, 6.45) is 4.66. The minimum absolute atomic E-state index is 0.0817. The molecule has 1 aliphatic carbocycles. The van der Waals surface area contributed by atoms with E-state index in [1.165, 1.54) is 18.4 Å². The summed E-state index contributed by atoms with van der Waals surface area (Å²) in [7, 11) is 0. The van der Waals surface area contributed by atoms with Gasteiger partial charge >= 0.3 is 0 Å². The van der Waals surface area contributed by atoms with Gasteiger partial charge in [-0.15, -0.1) is 5.10 Å². The molecule has 0 saturated heterocycles. The van der Waals surface area contributed by atoms with Crippen molar-refractivity contribution in [2.75, 3.05) is 0 Å². The van der Waals surface area contributed by atoms with Crippen molar-refractivity contribution in [2.45, 2.75) is 64.5 Å². The first-order valence-electron chi connectivity index (χ1n) is 8.60. The smallest absolute Gasteiger partial charge is 0.251 e. The average molecular weight is 327 g/mol. The van der Waals surface area contributed by atoms with Crippen LogP contribution in [0.3, 0.4) is 0 Å². The maximum Gasteiger partial charge on any atom is 0.251 e. The Hall–Kier alpha value is -2.24. The number of carbonyl (C=O) groups excluding carboxylic acids is 1. The zero-order valence-electron chi connectivity index (χ0n) is 14.6. The molecule has 1 aromatic carbocycles. The van der Waals surface area contributed by atoms with Crippen LogP contribution in [0.15, 0.2) is 24.3 Å². The van der Waals surface area contributed by atoms with Gasteiger partial charge in [0.1, 0.15) is 0 Å². The Labute approximate surface area is 142 Å². The van der Waals surface area contributed by atoms with Gasteiger partial charge in [-0.25, -0.2) is 4.68 Å². The van der Waals surface area contributed by atoms with Gasteiger partial charge in [-0.2, -0.15) is 0 Å². The molecule has 1 N–H and O–H groups in total. The molecule has 6 heteroatoms. The van der Waals surface area contributed by atoms with Crippen LogP contribution >= 0.6 is 0 Å². The summed E-state index contributed by atoms with van der Waals surface area (Å²) in [6, 6.07) is 8.14. The third-order valence-corrected chi connectivity index (χ3v) is 4.65. The molecule has 0 unspecified atom stereocenters. The van der Waals surface area contributed by atoms with Gasteiger partial charge in [-0.05, 0) is 46.4 Å². The van der Waals surface area contributed by atoms with Crippen LogP contribution in [0.25, 0.3) is 0 Å². The highest BCUT2D eigenvalue weighted by Crippen LogP contribution is 2.29. The van der Waals surface area contributed by atoms with E-state index in [1.807, 2.05) is 28.9 Å². The fourth-order valence-corrected chi connectivity index (χ4v) is 3.14. The number of aromatic nitrogens is 4. The number of hydrogen-bond acceptors (Lipinski definition) is 4. The van der Waals surface area contributed by atoms with E-state index in [0.29, 0.717) is 18.2 Å². The van der Waals surface area contributed by atoms with Gasteiger partial charge in [0.25, 0.3) is 5.91 Å². The van der Waals surface area contributed by atoms with Gasteiger partial charge < -0.3 is 5.32 Å². The van der Waals surface area contributed by atoms with Gasteiger partial charge in [0.2, 0.25) is 0 Å². The molecule has 1 saturated carbocycles. The number of carbonyl (C=O) groups is 1. The van der Waals surface area contributed by atoms with Gasteiger partial charge in [-0.1, -0.05) is 45.7 Å². The monoisotopic (exact) mass is 327 g/mol. The van der Waals surface area contributed by atoms with Crippen LogP contribution in [-0.4, -0.2) is 26.1 Å². The van der Waals surface area contributed by atoms with Crippen molar-refractivity contribution in [1.29, 1.82) is 0 Å². The second-order valence-corrected chi connectivity index (χ2v) is 7.49. The van der Waals surface area contributed by atoms with Crippen molar-refractivity contribution in [2.24, 2.45) is 0 Å². The summed E-state index contributed by atoms with van der Waals surface area (Å²) in [4.78, 5) is 12.3. The third-order valence-electron chi connectivity index (χ3n) is 4.65. The van der Waals surface area contributed by atoms with Crippen LogP contribution in [-0.2, 0) is 12.0 Å². The minimum atomic E-state index is -0.101. The van der Waals surface area contributed by atoms with Gasteiger partial charge in [0, 0.05) is 5.56 Å². The second-order valence-electron chi connectivity index (χ2n) is 7.49. The number of hydrogen-bond donors (Lipinski definition) is 1. The van der Waals surface area contributed by atoms with Crippen LogP contribution in [0.5, 0.6) is 0 Å². The average Bonchev–Trinajstić information content (AvgIpc) is 3.22. The lowest BCUT2D eigenvalue weighted by Gasteiger charge is -2.19. The highest BCUT2D eigenvalue weighted by molar-refractivity contribution is 5.94. The van der Waals surface area contributed by atoms with E-state index in [2.05, 4.69) is 41.6 Å². The highest BCUT2D eigenvalue weighted by Gasteiger charge is 2.21. The fraction of sp³-hybridized carbons (Fsp3) is 0.556. The first kappa shape index (κ1) is 16.6. The molecule has 1 heterocycles. The standard InChI is InChI=1S/C18H25N5O/c1-18(2,3)14-10-8-13(9-11-14)17(24)19-12-16-20-21-22-23(16)15-6-4-5-7-15/h8-11,15H,4-7,12H2,1-3H3,(H,19,24). The lowest BCUT2D eigenvalue weighted by molar-refractivity contribution is 0.0949. The SMILES string of the molecule is CC(C)(C)c1ccc(C(=O)NCc2nnnn2C2CCCC2)cc1. The van der Waals surface area contributed by atoms with E-state index in [0.717, 1.165) is 18.7 Å². The molecule has 0 atom stereocenters. The lowest BCUT2D eigenvalue weighted by atomic mass is 9.87. The number of rotatable bonds is 4. The predicted octanol–water partition coefficient (Wildman–Crippen LogP) is 3.02. The first-order chi connectivity index (χ1) is 11.4. The van der Waals surface area contributed by atoms with E-state index in [4.69, 9.17) is 0 Å². The van der Waals surface area contributed by atoms with Crippen LogP contribution in [0.2, 0.25) is 0 Å². The molecule has 1 amide bonds. The van der Waals surface area contributed by atoms with Gasteiger partial charge in [0.15, 0.2) is 5.82 Å². The van der Waals surface area contributed by atoms with Crippen LogP contribution in [0.1, 0.15) is 74.2 Å². The van der Waals surface area contributed by atoms with E-state index in [-0.39, 0.29) is 11.3 Å². The molecular weight excluding hydrogens is 302 g/mol. The minimum Gasteiger partial charge on any atom is -0.345 e. The zero-order chi connectivity index (χ0) is 17.2. The molecular formula is C18H25N5O. The third kappa shape index (κ3) is 3.63. The normalized spacial score (nSPS) is 15.6. The topological polar surface area (TPSA) is 72.7 Å². The molecule has 3 rings (SSSR count). The van der Waals surface area contributed by atoms with Crippen LogP contribution in [0.4, 0.5) is 0 Å². The van der Waals surface area contributed by atoms with E-state index >= 15 is 0 Å². The Bertz CT molecular complexity index is 693. The number of nitrogens with zero attached hydrogens (tertiary/aromatic N) is 4. The molecule has 0 radical (unpaired) electrons. The Morgan fingerprint density at radius 3 is 2.50 bits per heavy atom. The Kier molecular flexibility index (Phi) is 4.64. The fourth-order valence-electron chi connectivity index (χ4n) is 3.14. The number of tetrazole rings is 1. The van der Waals surface area contributed by atoms with Crippen molar-refractivity contribution >= 4 is 5.91 Å². The van der Waals surface area contributed by atoms with E-state index < -0.39 is 0 Å². The van der Waals surface area contributed by atoms with Gasteiger partial charge in [-0.3, -0.25) is 4.79 Å². The first-order valence-corrected chi connectivity index (χ1v) is 8.60. The van der Waals surface area contributed by atoms with Crippen molar-refractivity contribution in [3.8, 4) is 0 Å². The molecule has 128 valence electrons. The van der Waals surface area contributed by atoms with Crippen molar-refractivity contribution in [3.05, 3.63) is 41.2 Å². The molecule has 0 aliphatic heterocycles. The molecule has 0 spiro atoms. The summed E-state index contributed by atoms with van der Waals surface area (Å²) in [5, 5.41) is 14.8. The Morgan fingerprint density at radius 1 is 1.21 bits per heavy atom. The molecule has 6 nitrogen and oxygen atoms in total. The predicted molar refractivity (Wildman–Crippen MR) is 91.6 cm³/mol. The van der Waals surface area contributed by atoms with Crippen LogP contribution in [0, 0.1) is 0 Å². The quantitative estimate of drug-likeness (QED) is 0.937. The lowest BCUT2D eigenvalue weighted by Crippen LogP contribution is -2.26. The summed E-state index contributed by atoms with van der Waals surface area (Å²) in [6.45, 7) is 6.82. The van der Waals surface area contributed by atoms with E-state index in [9.17, 15) is 4.79 Å². The van der Waals surface area contributed by atoms with E-state index in [1.54, 1.807) is 0 Å². The van der Waals surface area contributed by atoms with Crippen molar-refractivity contribution < 1.29 is 4.79 Å². The maximum atomic E-state index is 12.3. The summed E-state index contributed by atoms with van der Waals surface area (Å²) in [5.41, 5.74) is 1.95. The maximum absolute atomic E-state index is 12.3. The molecule has 1 aromatic heterocycles. The molecule has 2 aromatic rings. The number of amides is 1. The number of benzene rings is 1. The van der Waals surface area contributed by atoms with Gasteiger partial charge in [0.05, 0.1) is 12.6 Å². The second kappa shape index (κ2) is 6.71. The summed E-state index contributed by atoms with van der Waals surface area (Å²) in [5.74, 6) is 0.623. The van der Waals surface area contributed by atoms with Crippen molar-refractivity contribution in [3.63, 3.8) is 0 Å².